The van der Waals surface area contributed by atoms with Crippen molar-refractivity contribution in [1.29, 1.82) is 0 Å². The minimum absolute atomic E-state index is 0.0109. The van der Waals surface area contributed by atoms with Crippen LogP contribution < -0.4 is 16.8 Å². The largest absolute Gasteiger partial charge is 0.368 e. The fourth-order valence-corrected chi connectivity index (χ4v) is 5.52. The quantitative estimate of drug-likeness (QED) is 0.373. The molecule has 174 valence electrons. The van der Waals surface area contributed by atoms with Gasteiger partial charge in [-0.05, 0) is 24.8 Å². The molecule has 10 nitrogen and oxygen atoms in total. The van der Waals surface area contributed by atoms with Gasteiger partial charge in [-0.3, -0.25) is 9.59 Å². The van der Waals surface area contributed by atoms with Crippen molar-refractivity contribution in [3.8, 4) is 0 Å². The molecule has 2 atom stereocenters. The molecule has 1 saturated heterocycles. The molecule has 11 heteroatoms. The lowest BCUT2D eigenvalue weighted by Gasteiger charge is -2.30. The van der Waals surface area contributed by atoms with Crippen LogP contribution in [0.1, 0.15) is 24.1 Å². The van der Waals surface area contributed by atoms with E-state index in [4.69, 9.17) is 11.5 Å². The van der Waals surface area contributed by atoms with E-state index in [0.29, 0.717) is 31.6 Å². The maximum absolute atomic E-state index is 13.2. The summed E-state index contributed by atoms with van der Waals surface area (Å²) in [6, 6.07) is 8.16. The van der Waals surface area contributed by atoms with E-state index in [2.05, 4.69) is 15.3 Å². The molecule has 1 aromatic heterocycles. The first-order chi connectivity index (χ1) is 15.2. The second-order valence-electron chi connectivity index (χ2n) is 8.13. The third-order valence-corrected chi connectivity index (χ3v) is 7.60. The van der Waals surface area contributed by atoms with Gasteiger partial charge >= 0.3 is 0 Å². The highest BCUT2D eigenvalue weighted by Crippen LogP contribution is 2.18. The number of rotatable bonds is 10. The van der Waals surface area contributed by atoms with E-state index in [-0.39, 0.29) is 24.6 Å². The van der Waals surface area contributed by atoms with E-state index in [1.165, 1.54) is 10.6 Å². The number of aromatic nitrogens is 2. The lowest BCUT2D eigenvalue weighted by atomic mass is 9.99. The van der Waals surface area contributed by atoms with Crippen LogP contribution in [0.25, 0.3) is 0 Å². The Morgan fingerprint density at radius 3 is 2.47 bits per heavy atom. The fraction of sp³-hybridized carbons (Fsp3) is 0.476. The summed E-state index contributed by atoms with van der Waals surface area (Å²) in [7, 11) is -3.69. The molecule has 0 saturated carbocycles. The fourth-order valence-electron chi connectivity index (χ4n) is 3.76. The number of H-pyrrole nitrogens is 1. The highest BCUT2D eigenvalue weighted by atomic mass is 32.2. The monoisotopic (exact) mass is 462 g/mol. The highest BCUT2D eigenvalue weighted by molar-refractivity contribution is 7.89. The van der Waals surface area contributed by atoms with Gasteiger partial charge in [0.05, 0.1) is 23.7 Å². The second-order valence-corrected chi connectivity index (χ2v) is 10.1. The summed E-state index contributed by atoms with van der Waals surface area (Å²) in [5, 5.41) is 2.64. The van der Waals surface area contributed by atoms with E-state index in [0.717, 1.165) is 5.56 Å². The van der Waals surface area contributed by atoms with Crippen molar-refractivity contribution in [1.82, 2.24) is 19.6 Å². The van der Waals surface area contributed by atoms with Gasteiger partial charge in [-0.15, -0.1) is 0 Å². The zero-order valence-electron chi connectivity index (χ0n) is 17.8. The van der Waals surface area contributed by atoms with Crippen LogP contribution in [0.15, 0.2) is 42.9 Å². The summed E-state index contributed by atoms with van der Waals surface area (Å²) in [4.78, 5) is 31.9. The highest BCUT2D eigenvalue weighted by Gasteiger charge is 2.33. The first-order valence-electron chi connectivity index (χ1n) is 10.6. The number of sulfonamides is 1. The van der Waals surface area contributed by atoms with Gasteiger partial charge in [-0.25, -0.2) is 17.7 Å². The van der Waals surface area contributed by atoms with Gasteiger partial charge < -0.3 is 21.8 Å². The third-order valence-electron chi connectivity index (χ3n) is 5.63. The minimum atomic E-state index is -3.69. The molecule has 0 aliphatic carbocycles. The molecular weight excluding hydrogens is 432 g/mol. The number of nitrogens with zero attached hydrogens (tertiary/aromatic N) is 2. The zero-order valence-corrected chi connectivity index (χ0v) is 18.6. The van der Waals surface area contributed by atoms with Gasteiger partial charge in [-0.1, -0.05) is 30.3 Å². The molecule has 2 amide bonds. The number of piperidine rings is 1. The summed E-state index contributed by atoms with van der Waals surface area (Å²) < 4.78 is 27.5. The van der Waals surface area contributed by atoms with E-state index in [1.807, 2.05) is 30.3 Å². The number of benzene rings is 1. The Bertz CT molecular complexity index is 989. The lowest BCUT2D eigenvalue weighted by Crippen LogP contribution is -2.50. The Kier molecular flexibility index (Phi) is 7.99. The molecule has 2 aromatic rings. The van der Waals surface area contributed by atoms with E-state index in [9.17, 15) is 18.0 Å². The maximum atomic E-state index is 13.2. The standard InChI is InChI=1S/C21H30N6O4S/c22-17-6-8-27(9-7-17)32(30,31)13-16(10-15-4-2-1-3-5-15)21(29)26-19(20(23)28)11-18-12-24-14-25-18/h1-5,12,14,16-17,19H,6-11,13,22H2,(H2,23,28)(H,24,25)(H,26,29)/t16-,19-/m0/s1. The van der Waals surface area contributed by atoms with E-state index in [1.54, 1.807) is 6.20 Å². The summed E-state index contributed by atoms with van der Waals surface area (Å²) in [6.07, 6.45) is 4.57. The van der Waals surface area contributed by atoms with Crippen molar-refractivity contribution in [3.05, 3.63) is 54.1 Å². The number of aromatic amines is 1. The molecule has 1 aliphatic rings. The predicted molar refractivity (Wildman–Crippen MR) is 120 cm³/mol. The number of primary amides is 1. The number of imidazole rings is 1. The third kappa shape index (κ3) is 6.62. The number of carbonyl (C=O) groups is 2. The number of nitrogens with one attached hydrogen (secondary N) is 2. The number of hydrogen-bond acceptors (Lipinski definition) is 6. The number of carbonyl (C=O) groups excluding carboxylic acids is 2. The Morgan fingerprint density at radius 2 is 1.88 bits per heavy atom. The number of amides is 2. The Labute approximate surface area is 187 Å². The molecule has 1 aliphatic heterocycles. The first-order valence-corrected chi connectivity index (χ1v) is 12.2. The van der Waals surface area contributed by atoms with E-state index < -0.39 is 33.8 Å². The Morgan fingerprint density at radius 1 is 1.19 bits per heavy atom. The topological polar surface area (TPSA) is 164 Å². The minimum Gasteiger partial charge on any atom is -0.368 e. The molecule has 6 N–H and O–H groups in total. The first kappa shape index (κ1) is 23.9. The van der Waals surface area contributed by atoms with Crippen LogP contribution in [0.4, 0.5) is 0 Å². The van der Waals surface area contributed by atoms with Crippen LogP contribution in [0.5, 0.6) is 0 Å². The van der Waals surface area contributed by atoms with Crippen LogP contribution >= 0.6 is 0 Å². The average Bonchev–Trinajstić information content (AvgIpc) is 3.27. The summed E-state index contributed by atoms with van der Waals surface area (Å²) in [5.74, 6) is -2.51. The Hall–Kier alpha value is -2.76. The summed E-state index contributed by atoms with van der Waals surface area (Å²) >= 11 is 0. The van der Waals surface area contributed by atoms with Crippen molar-refractivity contribution in [2.24, 2.45) is 17.4 Å². The SMILES string of the molecule is NC(=O)[C@H](Cc1c[nH]cn1)NC(=O)[C@@H](Cc1ccccc1)CS(=O)(=O)N1CCC(N)CC1. The average molecular weight is 463 g/mol. The van der Waals surface area contributed by atoms with Crippen molar-refractivity contribution < 1.29 is 18.0 Å². The molecule has 32 heavy (non-hydrogen) atoms. The van der Waals surface area contributed by atoms with Gasteiger partial charge in [0.25, 0.3) is 0 Å². The van der Waals surface area contributed by atoms with Crippen LogP contribution in [0, 0.1) is 5.92 Å². The van der Waals surface area contributed by atoms with Crippen molar-refractivity contribution in [2.75, 3.05) is 18.8 Å². The van der Waals surface area contributed by atoms with E-state index >= 15 is 0 Å². The smallest absolute Gasteiger partial charge is 0.240 e. The molecule has 0 unspecified atom stereocenters. The van der Waals surface area contributed by atoms with Crippen molar-refractivity contribution >= 4 is 21.8 Å². The van der Waals surface area contributed by atoms with Crippen LogP contribution in [-0.2, 0) is 32.5 Å². The number of nitrogens with two attached hydrogens (primary N) is 2. The number of hydrogen-bond donors (Lipinski definition) is 4. The van der Waals surface area contributed by atoms with Gasteiger partial charge in [0.15, 0.2) is 0 Å². The molecular formula is C21H30N6O4S. The van der Waals surface area contributed by atoms with Crippen LogP contribution in [0.2, 0.25) is 0 Å². The summed E-state index contributed by atoms with van der Waals surface area (Å²) in [5.41, 5.74) is 12.8. The van der Waals surface area contributed by atoms with Gasteiger partial charge in [-0.2, -0.15) is 0 Å². The molecule has 0 spiro atoms. The molecule has 0 radical (unpaired) electrons. The van der Waals surface area contributed by atoms with Gasteiger partial charge in [0, 0.05) is 31.7 Å². The molecule has 3 rings (SSSR count). The van der Waals surface area contributed by atoms with Crippen LogP contribution in [-0.4, -0.2) is 65.4 Å². The van der Waals surface area contributed by atoms with Gasteiger partial charge in [0.1, 0.15) is 6.04 Å². The maximum Gasteiger partial charge on any atom is 0.240 e. The predicted octanol–water partition coefficient (Wildman–Crippen LogP) is -0.466. The van der Waals surface area contributed by atoms with Crippen molar-refractivity contribution in [2.45, 2.75) is 37.8 Å². The van der Waals surface area contributed by atoms with Gasteiger partial charge in [0.2, 0.25) is 21.8 Å². The molecule has 2 heterocycles. The summed E-state index contributed by atoms with van der Waals surface area (Å²) in [6.45, 7) is 0.679. The molecule has 1 aromatic carbocycles. The Balaban J connectivity index is 1.76. The second kappa shape index (κ2) is 10.7. The van der Waals surface area contributed by atoms with Crippen molar-refractivity contribution in [3.63, 3.8) is 0 Å². The molecule has 0 bridgehead atoms. The molecule has 1 fully saturated rings. The van der Waals surface area contributed by atoms with Crippen LogP contribution in [0.3, 0.4) is 0 Å². The zero-order chi connectivity index (χ0) is 23.1. The normalized spacial score (nSPS) is 17.5. The lowest BCUT2D eigenvalue weighted by molar-refractivity contribution is -0.129.